The molecule has 0 bridgehead atoms. The Hall–Kier alpha value is -1.76. The van der Waals surface area contributed by atoms with E-state index in [0.29, 0.717) is 23.6 Å². The fourth-order valence-corrected chi connectivity index (χ4v) is 2.99. The standard InChI is InChI=1S/C17H18INO3/c1-11-4-6-13(14(18)8-11)17(20)19-10-12-5-7-15(21-2)16(9-12)22-3/h4-9H,10H2,1-3H3,(H,19,20). The van der Waals surface area contributed by atoms with E-state index >= 15 is 0 Å². The van der Waals surface area contributed by atoms with Crippen LogP contribution < -0.4 is 14.8 Å². The fraction of sp³-hybridized carbons (Fsp3) is 0.235. The maximum atomic E-state index is 12.3. The number of amides is 1. The summed E-state index contributed by atoms with van der Waals surface area (Å²) in [5.41, 5.74) is 2.78. The number of rotatable bonds is 5. The van der Waals surface area contributed by atoms with Crippen LogP contribution in [0.4, 0.5) is 0 Å². The van der Waals surface area contributed by atoms with Crippen LogP contribution in [0.1, 0.15) is 21.5 Å². The first-order valence-corrected chi connectivity index (χ1v) is 7.88. The summed E-state index contributed by atoms with van der Waals surface area (Å²) < 4.78 is 11.4. The molecule has 2 aromatic carbocycles. The maximum absolute atomic E-state index is 12.3. The smallest absolute Gasteiger partial charge is 0.252 e. The summed E-state index contributed by atoms with van der Waals surface area (Å²) in [6.45, 7) is 2.44. The quantitative estimate of drug-likeness (QED) is 0.766. The molecule has 5 heteroatoms. The van der Waals surface area contributed by atoms with E-state index in [2.05, 4.69) is 27.9 Å². The third-order valence-electron chi connectivity index (χ3n) is 3.27. The molecule has 2 aromatic rings. The molecule has 116 valence electrons. The van der Waals surface area contributed by atoms with Gasteiger partial charge in [0, 0.05) is 10.1 Å². The molecule has 0 fully saturated rings. The van der Waals surface area contributed by atoms with E-state index in [0.717, 1.165) is 14.7 Å². The van der Waals surface area contributed by atoms with E-state index in [-0.39, 0.29) is 5.91 Å². The molecule has 0 saturated heterocycles. The Labute approximate surface area is 144 Å². The number of aryl methyl sites for hydroxylation is 1. The lowest BCUT2D eigenvalue weighted by atomic mass is 10.1. The predicted molar refractivity (Wildman–Crippen MR) is 94.6 cm³/mol. The highest BCUT2D eigenvalue weighted by atomic mass is 127. The van der Waals surface area contributed by atoms with Gasteiger partial charge in [0.1, 0.15) is 0 Å². The van der Waals surface area contributed by atoms with Gasteiger partial charge in [-0.25, -0.2) is 0 Å². The number of nitrogens with one attached hydrogen (secondary N) is 1. The molecular formula is C17H18INO3. The van der Waals surface area contributed by atoms with Crippen LogP contribution in [0.5, 0.6) is 11.5 Å². The van der Waals surface area contributed by atoms with Gasteiger partial charge in [0.25, 0.3) is 5.91 Å². The van der Waals surface area contributed by atoms with Crippen molar-refractivity contribution in [3.8, 4) is 11.5 Å². The van der Waals surface area contributed by atoms with Crippen LogP contribution in [0.2, 0.25) is 0 Å². The van der Waals surface area contributed by atoms with E-state index in [4.69, 9.17) is 9.47 Å². The van der Waals surface area contributed by atoms with Gasteiger partial charge in [0.15, 0.2) is 11.5 Å². The molecule has 22 heavy (non-hydrogen) atoms. The summed E-state index contributed by atoms with van der Waals surface area (Å²) in [5, 5.41) is 2.92. The molecule has 4 nitrogen and oxygen atoms in total. The van der Waals surface area contributed by atoms with Crippen molar-refractivity contribution in [2.24, 2.45) is 0 Å². The zero-order valence-electron chi connectivity index (χ0n) is 12.8. The third-order valence-corrected chi connectivity index (χ3v) is 4.16. The first-order chi connectivity index (χ1) is 10.5. The number of carbonyl (C=O) groups is 1. The van der Waals surface area contributed by atoms with Gasteiger partial charge in [-0.1, -0.05) is 17.7 Å². The van der Waals surface area contributed by atoms with Crippen molar-refractivity contribution < 1.29 is 14.3 Å². The Morgan fingerprint density at radius 1 is 1.09 bits per heavy atom. The fourth-order valence-electron chi connectivity index (χ4n) is 2.07. The Morgan fingerprint density at radius 2 is 1.82 bits per heavy atom. The summed E-state index contributed by atoms with van der Waals surface area (Å²) >= 11 is 2.18. The van der Waals surface area contributed by atoms with Crippen LogP contribution >= 0.6 is 22.6 Å². The number of hydrogen-bond acceptors (Lipinski definition) is 3. The average molecular weight is 411 g/mol. The number of methoxy groups -OCH3 is 2. The molecule has 0 aliphatic rings. The van der Waals surface area contributed by atoms with E-state index < -0.39 is 0 Å². The van der Waals surface area contributed by atoms with Gasteiger partial charge in [0.2, 0.25) is 0 Å². The van der Waals surface area contributed by atoms with Crippen LogP contribution in [-0.4, -0.2) is 20.1 Å². The largest absolute Gasteiger partial charge is 0.493 e. The molecule has 1 N–H and O–H groups in total. The summed E-state index contributed by atoms with van der Waals surface area (Å²) in [5.74, 6) is 1.24. The molecule has 0 saturated carbocycles. The van der Waals surface area contributed by atoms with Crippen LogP contribution in [0.25, 0.3) is 0 Å². The van der Waals surface area contributed by atoms with Crippen molar-refractivity contribution in [3.63, 3.8) is 0 Å². The van der Waals surface area contributed by atoms with Gasteiger partial charge in [0.05, 0.1) is 19.8 Å². The van der Waals surface area contributed by atoms with Gasteiger partial charge in [-0.3, -0.25) is 4.79 Å². The molecule has 0 aliphatic heterocycles. The lowest BCUT2D eigenvalue weighted by molar-refractivity contribution is 0.0950. The summed E-state index contributed by atoms with van der Waals surface area (Å²) in [6, 6.07) is 11.4. The number of halogens is 1. The lowest BCUT2D eigenvalue weighted by Crippen LogP contribution is -2.23. The van der Waals surface area contributed by atoms with Gasteiger partial charge in [-0.05, 0) is 59.3 Å². The lowest BCUT2D eigenvalue weighted by Gasteiger charge is -2.11. The molecule has 1 amide bonds. The summed E-state index contributed by atoms with van der Waals surface area (Å²) in [4.78, 5) is 12.3. The van der Waals surface area contributed by atoms with Crippen molar-refractivity contribution in [1.82, 2.24) is 5.32 Å². The highest BCUT2D eigenvalue weighted by Gasteiger charge is 2.10. The van der Waals surface area contributed by atoms with E-state index in [1.165, 1.54) is 0 Å². The van der Waals surface area contributed by atoms with Gasteiger partial charge in [-0.15, -0.1) is 0 Å². The normalized spacial score (nSPS) is 10.2. The van der Waals surface area contributed by atoms with Crippen LogP contribution in [0, 0.1) is 10.5 Å². The van der Waals surface area contributed by atoms with E-state index in [1.807, 2.05) is 43.3 Å². The second-order valence-electron chi connectivity index (χ2n) is 4.86. The maximum Gasteiger partial charge on any atom is 0.252 e. The van der Waals surface area contributed by atoms with Crippen molar-refractivity contribution in [2.75, 3.05) is 14.2 Å². The number of ether oxygens (including phenoxy) is 2. The highest BCUT2D eigenvalue weighted by Crippen LogP contribution is 2.27. The first-order valence-electron chi connectivity index (χ1n) is 6.80. The van der Waals surface area contributed by atoms with Crippen molar-refractivity contribution in [2.45, 2.75) is 13.5 Å². The van der Waals surface area contributed by atoms with Crippen LogP contribution in [0.15, 0.2) is 36.4 Å². The zero-order chi connectivity index (χ0) is 16.1. The Kier molecular flexibility index (Phi) is 5.65. The topological polar surface area (TPSA) is 47.6 Å². The summed E-state index contributed by atoms with van der Waals surface area (Å²) in [6.07, 6.45) is 0. The molecule has 0 aliphatic carbocycles. The second kappa shape index (κ2) is 7.49. The molecule has 0 aromatic heterocycles. The second-order valence-corrected chi connectivity index (χ2v) is 6.02. The highest BCUT2D eigenvalue weighted by molar-refractivity contribution is 14.1. The van der Waals surface area contributed by atoms with Gasteiger partial charge >= 0.3 is 0 Å². The van der Waals surface area contributed by atoms with Crippen molar-refractivity contribution >= 4 is 28.5 Å². The molecular weight excluding hydrogens is 393 g/mol. The number of carbonyl (C=O) groups excluding carboxylic acids is 1. The predicted octanol–water partition coefficient (Wildman–Crippen LogP) is 3.55. The average Bonchev–Trinajstić information content (AvgIpc) is 2.52. The summed E-state index contributed by atoms with van der Waals surface area (Å²) in [7, 11) is 3.19. The molecule has 0 atom stereocenters. The van der Waals surface area contributed by atoms with Gasteiger partial charge < -0.3 is 14.8 Å². The number of hydrogen-bond donors (Lipinski definition) is 1. The van der Waals surface area contributed by atoms with Crippen molar-refractivity contribution in [3.05, 3.63) is 56.7 Å². The molecule has 0 spiro atoms. The zero-order valence-corrected chi connectivity index (χ0v) is 14.9. The Bertz CT molecular complexity index is 686. The third kappa shape index (κ3) is 3.91. The van der Waals surface area contributed by atoms with Crippen molar-refractivity contribution in [1.29, 1.82) is 0 Å². The SMILES string of the molecule is COc1ccc(CNC(=O)c2ccc(C)cc2I)cc1OC. The molecule has 0 heterocycles. The van der Waals surface area contributed by atoms with E-state index in [1.54, 1.807) is 14.2 Å². The van der Waals surface area contributed by atoms with E-state index in [9.17, 15) is 4.79 Å². The minimum atomic E-state index is -0.0841. The monoisotopic (exact) mass is 411 g/mol. The Morgan fingerprint density at radius 3 is 2.45 bits per heavy atom. The minimum Gasteiger partial charge on any atom is -0.493 e. The first kappa shape index (κ1) is 16.6. The minimum absolute atomic E-state index is 0.0841. The van der Waals surface area contributed by atoms with Gasteiger partial charge in [-0.2, -0.15) is 0 Å². The molecule has 0 unspecified atom stereocenters. The Balaban J connectivity index is 2.08. The van der Waals surface area contributed by atoms with Crippen LogP contribution in [-0.2, 0) is 6.54 Å². The number of benzene rings is 2. The van der Waals surface area contributed by atoms with Crippen LogP contribution in [0.3, 0.4) is 0 Å². The molecule has 0 radical (unpaired) electrons. The molecule has 2 rings (SSSR count).